The highest BCUT2D eigenvalue weighted by atomic mass is 16.9. The molecule has 0 saturated carbocycles. The van der Waals surface area contributed by atoms with E-state index in [9.17, 15) is 19.7 Å². The lowest BCUT2D eigenvalue weighted by Gasteiger charge is -2.10. The first-order chi connectivity index (χ1) is 17.2. The SMILES string of the molecule is CC(C)C.CO.COc1cc(/C=C/C(=O)OCCCCO[N+](=O)[O-])ccc1OC(=O)NCCCCO. The summed E-state index contributed by atoms with van der Waals surface area (Å²) >= 11 is 0. The summed E-state index contributed by atoms with van der Waals surface area (Å²) in [7, 11) is 2.42. The van der Waals surface area contributed by atoms with Gasteiger partial charge in [-0.15, -0.1) is 10.1 Å². The van der Waals surface area contributed by atoms with Crippen LogP contribution in [0.5, 0.6) is 11.5 Å². The number of rotatable bonds is 14. The Morgan fingerprint density at radius 1 is 1.08 bits per heavy atom. The lowest BCUT2D eigenvalue weighted by Crippen LogP contribution is -2.28. The van der Waals surface area contributed by atoms with Crippen molar-refractivity contribution in [3.8, 4) is 11.5 Å². The van der Waals surface area contributed by atoms with Gasteiger partial charge in [0.2, 0.25) is 0 Å². The number of hydrogen-bond acceptors (Lipinski definition) is 10. The highest BCUT2D eigenvalue weighted by molar-refractivity contribution is 5.87. The maximum absolute atomic E-state index is 11.8. The second-order valence-corrected chi connectivity index (χ2v) is 7.65. The van der Waals surface area contributed by atoms with Crippen molar-refractivity contribution in [2.24, 2.45) is 5.92 Å². The van der Waals surface area contributed by atoms with E-state index in [0.717, 1.165) is 13.0 Å². The molecule has 0 fully saturated rings. The van der Waals surface area contributed by atoms with Gasteiger partial charge in [-0.3, -0.25) is 0 Å². The van der Waals surface area contributed by atoms with Gasteiger partial charge in [-0.05, 0) is 55.4 Å². The molecule has 206 valence electrons. The molecule has 0 aliphatic rings. The minimum atomic E-state index is -0.870. The Hall–Kier alpha value is -3.38. The van der Waals surface area contributed by atoms with E-state index in [-0.39, 0.29) is 25.6 Å². The van der Waals surface area contributed by atoms with Crippen molar-refractivity contribution in [1.82, 2.24) is 5.32 Å². The molecule has 0 heterocycles. The molecule has 36 heavy (non-hydrogen) atoms. The first-order valence-corrected chi connectivity index (χ1v) is 11.5. The second kappa shape index (κ2) is 23.4. The fraction of sp³-hybridized carbons (Fsp3) is 0.583. The van der Waals surface area contributed by atoms with Crippen LogP contribution in [-0.2, 0) is 14.4 Å². The molecule has 0 radical (unpaired) electrons. The predicted molar refractivity (Wildman–Crippen MR) is 134 cm³/mol. The molecule has 1 aromatic carbocycles. The van der Waals surface area contributed by atoms with Crippen LogP contribution in [0.15, 0.2) is 24.3 Å². The zero-order valence-electron chi connectivity index (χ0n) is 21.7. The van der Waals surface area contributed by atoms with E-state index in [1.807, 2.05) is 0 Å². The lowest BCUT2D eigenvalue weighted by atomic mass is 10.2. The Bertz CT molecular complexity index is 767. The molecule has 1 aromatic rings. The van der Waals surface area contributed by atoms with E-state index in [0.29, 0.717) is 43.5 Å². The third kappa shape index (κ3) is 21.2. The van der Waals surface area contributed by atoms with E-state index in [4.69, 9.17) is 24.4 Å². The lowest BCUT2D eigenvalue weighted by molar-refractivity contribution is -0.757. The standard InChI is InChI=1S/C19H26N2O9.C4H10.CH4O/c1-27-17-14-15(6-8-16(17)30-19(24)20-10-2-3-11-22)7-9-18(23)28-12-4-5-13-29-21(25)26;1-4(2)3;1-2/h6-9,14,22H,2-5,10-13H2,1H3,(H,20,24);4H,1-3H3;2H,1H3/b9-7+;;. The summed E-state index contributed by atoms with van der Waals surface area (Å²) in [5.41, 5.74) is 0.624. The van der Waals surface area contributed by atoms with Crippen molar-refractivity contribution in [1.29, 1.82) is 0 Å². The fourth-order valence-electron chi connectivity index (χ4n) is 2.16. The van der Waals surface area contributed by atoms with Crippen LogP contribution in [0, 0.1) is 16.0 Å². The fourth-order valence-corrected chi connectivity index (χ4v) is 2.16. The van der Waals surface area contributed by atoms with E-state index < -0.39 is 17.1 Å². The van der Waals surface area contributed by atoms with Gasteiger partial charge in [-0.25, -0.2) is 9.59 Å². The van der Waals surface area contributed by atoms with Crippen LogP contribution < -0.4 is 14.8 Å². The summed E-state index contributed by atoms with van der Waals surface area (Å²) in [5.74, 6) is 0.794. The molecule has 0 aliphatic carbocycles. The van der Waals surface area contributed by atoms with Gasteiger partial charge in [-0.1, -0.05) is 26.8 Å². The van der Waals surface area contributed by atoms with Gasteiger partial charge >= 0.3 is 12.1 Å². The molecule has 0 unspecified atom stereocenters. The highest BCUT2D eigenvalue weighted by Gasteiger charge is 2.10. The number of esters is 1. The molecule has 0 saturated heterocycles. The van der Waals surface area contributed by atoms with Crippen LogP contribution in [0.1, 0.15) is 52.0 Å². The molecular formula is C24H40N2O10. The smallest absolute Gasteiger partial charge is 0.412 e. The van der Waals surface area contributed by atoms with Gasteiger partial charge in [0.1, 0.15) is 0 Å². The van der Waals surface area contributed by atoms with E-state index in [1.54, 1.807) is 12.1 Å². The number of carbonyl (C=O) groups excluding carboxylic acids is 2. The Morgan fingerprint density at radius 2 is 1.72 bits per heavy atom. The van der Waals surface area contributed by atoms with Crippen molar-refractivity contribution in [3.63, 3.8) is 0 Å². The van der Waals surface area contributed by atoms with E-state index >= 15 is 0 Å². The molecular weight excluding hydrogens is 476 g/mol. The van der Waals surface area contributed by atoms with Crippen molar-refractivity contribution in [3.05, 3.63) is 40.0 Å². The third-order valence-corrected chi connectivity index (χ3v) is 3.64. The van der Waals surface area contributed by atoms with Gasteiger partial charge in [0.05, 0.1) is 20.3 Å². The number of ether oxygens (including phenoxy) is 3. The van der Waals surface area contributed by atoms with Crippen molar-refractivity contribution in [2.75, 3.05) is 40.6 Å². The summed E-state index contributed by atoms with van der Waals surface area (Å²) in [6.45, 7) is 7.02. The van der Waals surface area contributed by atoms with Gasteiger partial charge in [0.15, 0.2) is 11.5 Å². The molecule has 0 aromatic heterocycles. The summed E-state index contributed by atoms with van der Waals surface area (Å²) in [6.07, 6.45) is 4.16. The van der Waals surface area contributed by atoms with Crippen molar-refractivity contribution < 1.29 is 43.9 Å². The Morgan fingerprint density at radius 3 is 2.31 bits per heavy atom. The van der Waals surface area contributed by atoms with Crippen LogP contribution in [0.4, 0.5) is 4.79 Å². The maximum Gasteiger partial charge on any atom is 0.412 e. The number of carbonyl (C=O) groups is 2. The zero-order valence-corrected chi connectivity index (χ0v) is 21.7. The Labute approximate surface area is 212 Å². The molecule has 0 aliphatic heterocycles. The predicted octanol–water partition coefficient (Wildman–Crippen LogP) is 3.37. The largest absolute Gasteiger partial charge is 0.493 e. The molecule has 0 spiro atoms. The number of aliphatic hydroxyl groups is 2. The molecule has 12 heteroatoms. The van der Waals surface area contributed by atoms with E-state index in [1.165, 1.54) is 25.3 Å². The average molecular weight is 517 g/mol. The quantitative estimate of drug-likeness (QED) is 0.110. The summed E-state index contributed by atoms with van der Waals surface area (Å²) in [5, 5.41) is 27.4. The maximum atomic E-state index is 11.8. The minimum absolute atomic E-state index is 0.0463. The summed E-state index contributed by atoms with van der Waals surface area (Å²) < 4.78 is 15.4. The number of hydrogen-bond donors (Lipinski definition) is 3. The monoisotopic (exact) mass is 516 g/mol. The summed E-state index contributed by atoms with van der Waals surface area (Å²) in [6, 6.07) is 4.76. The van der Waals surface area contributed by atoms with Crippen molar-refractivity contribution >= 4 is 18.1 Å². The number of nitrogens with zero attached hydrogens (tertiary/aromatic N) is 1. The van der Waals surface area contributed by atoms with Crippen LogP contribution in [0.2, 0.25) is 0 Å². The Balaban J connectivity index is 0. The second-order valence-electron chi connectivity index (χ2n) is 7.65. The minimum Gasteiger partial charge on any atom is -0.493 e. The Kier molecular flexibility index (Phi) is 22.6. The van der Waals surface area contributed by atoms with E-state index in [2.05, 4.69) is 30.9 Å². The molecule has 1 amide bonds. The highest BCUT2D eigenvalue weighted by Crippen LogP contribution is 2.28. The van der Waals surface area contributed by atoms with Crippen LogP contribution in [0.3, 0.4) is 0 Å². The van der Waals surface area contributed by atoms with Crippen molar-refractivity contribution in [2.45, 2.75) is 46.5 Å². The third-order valence-electron chi connectivity index (χ3n) is 3.64. The molecule has 1 rings (SSSR count). The average Bonchev–Trinajstić information content (AvgIpc) is 2.84. The van der Waals surface area contributed by atoms with Gasteiger partial charge in [0, 0.05) is 26.3 Å². The molecule has 0 bridgehead atoms. The first-order valence-electron chi connectivity index (χ1n) is 11.5. The number of methoxy groups -OCH3 is 1. The van der Waals surface area contributed by atoms with Gasteiger partial charge < -0.3 is 34.6 Å². The zero-order chi connectivity index (χ0) is 27.8. The first kappa shape index (κ1) is 34.8. The number of aliphatic hydroxyl groups excluding tert-OH is 2. The number of amides is 1. The normalized spacial score (nSPS) is 9.89. The number of unbranched alkanes of at least 4 members (excludes halogenated alkanes) is 2. The molecule has 12 nitrogen and oxygen atoms in total. The van der Waals surface area contributed by atoms with Crippen LogP contribution in [0.25, 0.3) is 6.08 Å². The van der Waals surface area contributed by atoms with Gasteiger partial charge in [0.25, 0.3) is 5.09 Å². The number of benzene rings is 1. The molecule has 0 atom stereocenters. The van der Waals surface area contributed by atoms with Gasteiger partial charge in [-0.2, -0.15) is 0 Å². The molecule has 3 N–H and O–H groups in total. The van der Waals surface area contributed by atoms with Crippen LogP contribution >= 0.6 is 0 Å². The summed E-state index contributed by atoms with van der Waals surface area (Å²) in [4.78, 5) is 37.6. The van der Waals surface area contributed by atoms with Crippen LogP contribution in [-0.4, -0.2) is 67.9 Å². The topological polar surface area (TPSA) is 167 Å². The number of nitrogens with one attached hydrogen (secondary N) is 1.